The third-order valence-electron chi connectivity index (χ3n) is 4.45. The van der Waals surface area contributed by atoms with Gasteiger partial charge in [-0.25, -0.2) is 17.8 Å². The zero-order chi connectivity index (χ0) is 22.2. The molecule has 160 valence electrons. The molecule has 0 aliphatic rings. The van der Waals surface area contributed by atoms with Crippen molar-refractivity contribution in [1.82, 2.24) is 20.5 Å². The summed E-state index contributed by atoms with van der Waals surface area (Å²) in [6.45, 7) is 1.48. The molecule has 4 aromatic rings. The van der Waals surface area contributed by atoms with Crippen LogP contribution in [0.2, 0.25) is 0 Å². The van der Waals surface area contributed by atoms with E-state index in [1.54, 1.807) is 37.3 Å². The molecule has 0 fully saturated rings. The number of aryl methyl sites for hydroxylation is 1. The maximum absolute atomic E-state index is 14.7. The molecule has 1 unspecified atom stereocenters. The smallest absolute Gasteiger partial charge is 0.245 e. The van der Waals surface area contributed by atoms with E-state index in [1.165, 1.54) is 6.07 Å². The predicted octanol–water partition coefficient (Wildman–Crippen LogP) is 3.20. The molecule has 1 amide bonds. The van der Waals surface area contributed by atoms with Gasteiger partial charge in [-0.2, -0.15) is 0 Å². The lowest BCUT2D eigenvalue weighted by atomic mass is 10.1. The molecule has 0 aliphatic carbocycles. The lowest BCUT2D eigenvalue weighted by Gasteiger charge is -2.11. The number of aromatic nitrogens is 3. The number of thiazole rings is 1. The highest BCUT2D eigenvalue weighted by Crippen LogP contribution is 2.35. The van der Waals surface area contributed by atoms with Crippen LogP contribution in [0.3, 0.4) is 0 Å². The largest absolute Gasteiger partial charge is 0.424 e. The Labute approximate surface area is 181 Å². The van der Waals surface area contributed by atoms with Gasteiger partial charge < -0.3 is 9.73 Å². The number of fused-ring (bicyclic) bond motifs is 1. The van der Waals surface area contributed by atoms with E-state index in [0.717, 1.165) is 17.6 Å². The summed E-state index contributed by atoms with van der Waals surface area (Å²) in [7, 11) is -3.86. The van der Waals surface area contributed by atoms with Crippen LogP contribution >= 0.6 is 11.3 Å². The Morgan fingerprint density at radius 1 is 1.23 bits per heavy atom. The minimum Gasteiger partial charge on any atom is -0.424 e. The van der Waals surface area contributed by atoms with Crippen molar-refractivity contribution in [3.8, 4) is 11.1 Å². The van der Waals surface area contributed by atoms with Gasteiger partial charge in [0.1, 0.15) is 10.8 Å². The van der Waals surface area contributed by atoms with Gasteiger partial charge in [-0.05, 0) is 11.6 Å². The molecule has 0 saturated carbocycles. The average Bonchev–Trinajstić information content (AvgIpc) is 3.30. The van der Waals surface area contributed by atoms with Gasteiger partial charge in [0, 0.05) is 24.8 Å². The number of carbonyl (C=O) groups is 1. The van der Waals surface area contributed by atoms with E-state index >= 15 is 0 Å². The van der Waals surface area contributed by atoms with Crippen LogP contribution in [-0.4, -0.2) is 35.8 Å². The van der Waals surface area contributed by atoms with Gasteiger partial charge in [-0.1, -0.05) is 30.3 Å². The number of rotatable bonds is 6. The second-order valence-corrected chi connectivity index (χ2v) is 10.1. The van der Waals surface area contributed by atoms with E-state index < -0.39 is 26.8 Å². The topological polar surface area (TPSA) is 115 Å². The number of hydrogen-bond acceptors (Lipinski definition) is 8. The van der Waals surface area contributed by atoms with Crippen molar-refractivity contribution < 1.29 is 22.0 Å². The number of sulfone groups is 1. The molecule has 1 N–H and O–H groups in total. The first-order chi connectivity index (χ1) is 14.7. The third-order valence-corrected chi connectivity index (χ3v) is 6.98. The van der Waals surface area contributed by atoms with Crippen LogP contribution in [0.15, 0.2) is 46.9 Å². The van der Waals surface area contributed by atoms with Crippen molar-refractivity contribution in [3.05, 3.63) is 65.1 Å². The monoisotopic (exact) mass is 460 g/mol. The molecule has 0 bridgehead atoms. The van der Waals surface area contributed by atoms with Crippen molar-refractivity contribution in [1.29, 1.82) is 0 Å². The van der Waals surface area contributed by atoms with Crippen LogP contribution < -0.4 is 5.32 Å². The van der Waals surface area contributed by atoms with Crippen molar-refractivity contribution in [2.24, 2.45) is 0 Å². The maximum atomic E-state index is 14.7. The molecule has 1 atom stereocenters. The summed E-state index contributed by atoms with van der Waals surface area (Å²) in [6.07, 6.45) is 0.955. The lowest BCUT2D eigenvalue weighted by Crippen LogP contribution is -2.33. The summed E-state index contributed by atoms with van der Waals surface area (Å²) in [5, 5.41) is 8.42. The van der Waals surface area contributed by atoms with Gasteiger partial charge in [0.15, 0.2) is 15.1 Å². The molecule has 2 heterocycles. The zero-order valence-electron chi connectivity index (χ0n) is 16.5. The van der Waals surface area contributed by atoms with Crippen molar-refractivity contribution in [3.63, 3.8) is 0 Å². The standard InChI is InChI=1S/C20H17FN4O4S2/c1-11-24-25-17(29-11)10-22-19(26)18(31(2,27)28)20-23-15-9-14(21)13(8-16(15)30-20)12-6-4-3-5-7-12/h3-9,18H,10H2,1-2H3,(H,22,26). The lowest BCUT2D eigenvalue weighted by molar-refractivity contribution is -0.121. The van der Waals surface area contributed by atoms with Crippen LogP contribution in [0.25, 0.3) is 21.3 Å². The van der Waals surface area contributed by atoms with Gasteiger partial charge in [-0.3, -0.25) is 4.79 Å². The molecule has 8 nitrogen and oxygen atoms in total. The van der Waals surface area contributed by atoms with E-state index in [0.29, 0.717) is 21.7 Å². The summed E-state index contributed by atoms with van der Waals surface area (Å²) in [5.41, 5.74) is 1.34. The number of benzene rings is 2. The molecule has 0 radical (unpaired) electrons. The number of halogens is 1. The molecule has 0 saturated heterocycles. The Hall–Kier alpha value is -3.18. The van der Waals surface area contributed by atoms with E-state index in [9.17, 15) is 17.6 Å². The second kappa shape index (κ2) is 8.16. The first-order valence-corrected chi connectivity index (χ1v) is 11.9. The minimum absolute atomic E-state index is 0.0568. The summed E-state index contributed by atoms with van der Waals surface area (Å²) < 4.78 is 45.2. The number of hydrogen-bond donors (Lipinski definition) is 1. The molecule has 4 rings (SSSR count). The van der Waals surface area contributed by atoms with Crippen LogP contribution in [0.1, 0.15) is 22.0 Å². The average molecular weight is 461 g/mol. The number of nitrogens with one attached hydrogen (secondary N) is 1. The van der Waals surface area contributed by atoms with Gasteiger partial charge in [-0.15, -0.1) is 21.5 Å². The maximum Gasteiger partial charge on any atom is 0.245 e. The Bertz CT molecular complexity index is 1370. The van der Waals surface area contributed by atoms with E-state index in [4.69, 9.17) is 4.42 Å². The van der Waals surface area contributed by atoms with Gasteiger partial charge in [0.25, 0.3) is 0 Å². The van der Waals surface area contributed by atoms with Crippen LogP contribution in [0.4, 0.5) is 4.39 Å². The highest BCUT2D eigenvalue weighted by atomic mass is 32.2. The van der Waals surface area contributed by atoms with Crippen LogP contribution in [-0.2, 0) is 21.2 Å². The summed E-state index contributed by atoms with van der Waals surface area (Å²) in [5.74, 6) is -0.785. The molecular weight excluding hydrogens is 443 g/mol. The Kier molecular flexibility index (Phi) is 5.54. The first-order valence-electron chi connectivity index (χ1n) is 9.13. The summed E-state index contributed by atoms with van der Waals surface area (Å²) in [4.78, 5) is 17.0. The fourth-order valence-corrected chi connectivity index (χ4v) is 5.60. The molecule has 31 heavy (non-hydrogen) atoms. The quantitative estimate of drug-likeness (QED) is 0.470. The molecule has 11 heteroatoms. The minimum atomic E-state index is -3.86. The van der Waals surface area contributed by atoms with Crippen molar-refractivity contribution in [2.75, 3.05) is 6.26 Å². The van der Waals surface area contributed by atoms with E-state index in [1.807, 2.05) is 6.07 Å². The summed E-state index contributed by atoms with van der Waals surface area (Å²) in [6, 6.07) is 11.8. The van der Waals surface area contributed by atoms with E-state index in [2.05, 4.69) is 20.5 Å². The third kappa shape index (κ3) is 4.47. The second-order valence-electron chi connectivity index (χ2n) is 6.86. The fraction of sp³-hybridized carbons (Fsp3) is 0.200. The predicted molar refractivity (Wildman–Crippen MR) is 113 cm³/mol. The Morgan fingerprint density at radius 2 is 1.97 bits per heavy atom. The highest BCUT2D eigenvalue weighted by molar-refractivity contribution is 7.91. The molecule has 2 aromatic carbocycles. The SMILES string of the molecule is Cc1nnc(CNC(=O)C(c2nc3cc(F)c(-c4ccccc4)cc3s2)S(C)(=O)=O)o1. The molecule has 0 aliphatic heterocycles. The molecule has 2 aromatic heterocycles. The summed E-state index contributed by atoms with van der Waals surface area (Å²) >= 11 is 1.03. The number of carbonyl (C=O) groups excluding carboxylic acids is 1. The molecular formula is C20H17FN4O4S2. The van der Waals surface area contributed by atoms with Crippen molar-refractivity contribution in [2.45, 2.75) is 18.7 Å². The van der Waals surface area contributed by atoms with E-state index in [-0.39, 0.29) is 23.0 Å². The van der Waals surface area contributed by atoms with Gasteiger partial charge in [0.2, 0.25) is 17.7 Å². The Morgan fingerprint density at radius 3 is 2.61 bits per heavy atom. The van der Waals surface area contributed by atoms with Crippen molar-refractivity contribution >= 4 is 37.3 Å². The fourth-order valence-electron chi connectivity index (χ4n) is 3.07. The Balaban J connectivity index is 1.68. The normalized spacial score (nSPS) is 12.7. The number of amides is 1. The molecule has 0 spiro atoms. The van der Waals surface area contributed by atoms with Crippen LogP contribution in [0, 0.1) is 12.7 Å². The first kappa shape index (κ1) is 21.1. The van der Waals surface area contributed by atoms with Gasteiger partial charge in [0.05, 0.1) is 16.8 Å². The highest BCUT2D eigenvalue weighted by Gasteiger charge is 2.34. The zero-order valence-corrected chi connectivity index (χ0v) is 18.1. The van der Waals surface area contributed by atoms with Gasteiger partial charge >= 0.3 is 0 Å². The van der Waals surface area contributed by atoms with Crippen LogP contribution in [0.5, 0.6) is 0 Å². The number of nitrogens with zero attached hydrogens (tertiary/aromatic N) is 3.